The van der Waals surface area contributed by atoms with Crippen molar-refractivity contribution in [1.82, 2.24) is 14.9 Å². The number of nitrogens with one attached hydrogen (secondary N) is 1. The van der Waals surface area contributed by atoms with Crippen molar-refractivity contribution in [2.24, 2.45) is 0 Å². The zero-order valence-electron chi connectivity index (χ0n) is 14.4. The second kappa shape index (κ2) is 7.29. The molecule has 0 saturated carbocycles. The maximum absolute atomic E-state index is 12.5. The molecule has 0 radical (unpaired) electrons. The Morgan fingerprint density at radius 1 is 1.04 bits per heavy atom. The number of para-hydroxylation sites is 1. The first-order valence-electron chi connectivity index (χ1n) is 8.25. The Kier molecular flexibility index (Phi) is 4.92. The highest BCUT2D eigenvalue weighted by Crippen LogP contribution is 2.15. The molecule has 1 N–H and O–H groups in total. The molecule has 0 aliphatic carbocycles. The van der Waals surface area contributed by atoms with Gasteiger partial charge in [0.15, 0.2) is 0 Å². The van der Waals surface area contributed by atoms with Crippen molar-refractivity contribution in [2.75, 3.05) is 36.4 Å². The molecule has 1 aliphatic heterocycles. The molecule has 1 saturated heterocycles. The van der Waals surface area contributed by atoms with E-state index < -0.39 is 0 Å². The Morgan fingerprint density at radius 3 is 2.36 bits per heavy atom. The third kappa shape index (κ3) is 4.12. The Morgan fingerprint density at radius 2 is 1.72 bits per heavy atom. The Bertz CT molecular complexity index is 770. The molecule has 1 fully saturated rings. The van der Waals surface area contributed by atoms with Crippen molar-refractivity contribution >= 4 is 23.5 Å². The van der Waals surface area contributed by atoms with Gasteiger partial charge in [-0.3, -0.25) is 9.59 Å². The number of nitrogens with zero attached hydrogens (tertiary/aromatic N) is 4. The molecule has 2 heterocycles. The molecule has 7 heteroatoms. The molecule has 0 bridgehead atoms. The maximum Gasteiger partial charge on any atom is 0.274 e. The van der Waals surface area contributed by atoms with Crippen LogP contribution in [0.25, 0.3) is 0 Å². The number of hydrogen-bond acceptors (Lipinski definition) is 5. The lowest BCUT2D eigenvalue weighted by molar-refractivity contribution is -0.129. The van der Waals surface area contributed by atoms with Gasteiger partial charge < -0.3 is 15.1 Å². The molecule has 130 valence electrons. The Balaban J connectivity index is 1.74. The average molecular weight is 339 g/mol. The van der Waals surface area contributed by atoms with E-state index in [-0.39, 0.29) is 11.8 Å². The largest absolute Gasteiger partial charge is 0.339 e. The average Bonchev–Trinajstić information content (AvgIpc) is 2.62. The lowest BCUT2D eigenvalue weighted by Gasteiger charge is -2.34. The number of rotatable bonds is 3. The number of aryl methyl sites for hydroxylation is 1. The zero-order valence-corrected chi connectivity index (χ0v) is 14.4. The van der Waals surface area contributed by atoms with Crippen molar-refractivity contribution < 1.29 is 9.59 Å². The number of aromatic nitrogens is 2. The fourth-order valence-corrected chi connectivity index (χ4v) is 2.75. The number of piperazine rings is 1. The highest BCUT2D eigenvalue weighted by atomic mass is 16.2. The van der Waals surface area contributed by atoms with Crippen LogP contribution >= 0.6 is 0 Å². The molecule has 0 unspecified atom stereocenters. The van der Waals surface area contributed by atoms with Gasteiger partial charge in [-0.1, -0.05) is 18.2 Å². The molecule has 1 aromatic heterocycles. The van der Waals surface area contributed by atoms with E-state index in [0.29, 0.717) is 37.8 Å². The molecule has 1 aromatic carbocycles. The van der Waals surface area contributed by atoms with Crippen molar-refractivity contribution in [3.8, 4) is 0 Å². The van der Waals surface area contributed by atoms with Crippen LogP contribution in [-0.2, 0) is 4.79 Å². The van der Waals surface area contributed by atoms with Gasteiger partial charge in [-0.25, -0.2) is 9.97 Å². The van der Waals surface area contributed by atoms with Crippen molar-refractivity contribution in [3.63, 3.8) is 0 Å². The van der Waals surface area contributed by atoms with Crippen LogP contribution in [0.3, 0.4) is 0 Å². The molecule has 0 spiro atoms. The molecule has 2 amide bonds. The van der Waals surface area contributed by atoms with E-state index in [1.807, 2.05) is 42.2 Å². The highest BCUT2D eigenvalue weighted by Gasteiger charge is 2.22. The Labute approximate surface area is 146 Å². The van der Waals surface area contributed by atoms with Crippen LogP contribution in [0.4, 0.5) is 11.6 Å². The van der Waals surface area contributed by atoms with Crippen LogP contribution in [0.5, 0.6) is 0 Å². The van der Waals surface area contributed by atoms with E-state index in [9.17, 15) is 9.59 Å². The molecule has 25 heavy (non-hydrogen) atoms. The highest BCUT2D eigenvalue weighted by molar-refractivity contribution is 6.03. The van der Waals surface area contributed by atoms with E-state index >= 15 is 0 Å². The van der Waals surface area contributed by atoms with Gasteiger partial charge in [0.2, 0.25) is 11.9 Å². The van der Waals surface area contributed by atoms with Crippen LogP contribution in [0.2, 0.25) is 0 Å². The second-order valence-corrected chi connectivity index (χ2v) is 6.01. The molecule has 1 aliphatic rings. The summed E-state index contributed by atoms with van der Waals surface area (Å²) in [6, 6.07) is 10.9. The summed E-state index contributed by atoms with van der Waals surface area (Å²) in [5.74, 6) is 0.342. The standard InChI is InChI=1S/C18H21N5O2/c1-13-12-16(17(25)20-15-6-4-3-5-7-15)21-18(19-13)23-10-8-22(9-11-23)14(2)24/h3-7,12H,8-11H2,1-2H3,(H,20,25). The van der Waals surface area contributed by atoms with Gasteiger partial charge in [0.1, 0.15) is 5.69 Å². The summed E-state index contributed by atoms with van der Waals surface area (Å²) < 4.78 is 0. The van der Waals surface area contributed by atoms with E-state index in [1.165, 1.54) is 0 Å². The first-order chi connectivity index (χ1) is 12.0. The van der Waals surface area contributed by atoms with Crippen LogP contribution < -0.4 is 10.2 Å². The van der Waals surface area contributed by atoms with E-state index in [0.717, 1.165) is 11.4 Å². The Hall–Kier alpha value is -2.96. The number of amides is 2. The summed E-state index contributed by atoms with van der Waals surface area (Å²) in [5.41, 5.74) is 1.79. The lowest BCUT2D eigenvalue weighted by Crippen LogP contribution is -2.48. The molecule has 2 aromatic rings. The number of hydrogen-bond donors (Lipinski definition) is 1. The summed E-state index contributed by atoms with van der Waals surface area (Å²) in [4.78, 5) is 36.6. The summed E-state index contributed by atoms with van der Waals surface area (Å²) in [5, 5.41) is 2.84. The fourth-order valence-electron chi connectivity index (χ4n) is 2.75. The first kappa shape index (κ1) is 16.9. The normalized spacial score (nSPS) is 14.3. The maximum atomic E-state index is 12.5. The van der Waals surface area contributed by atoms with Gasteiger partial charge in [0.25, 0.3) is 5.91 Å². The van der Waals surface area contributed by atoms with E-state index in [2.05, 4.69) is 15.3 Å². The van der Waals surface area contributed by atoms with Crippen LogP contribution in [0.1, 0.15) is 23.1 Å². The molecule has 3 rings (SSSR count). The smallest absolute Gasteiger partial charge is 0.274 e. The third-order valence-electron chi connectivity index (χ3n) is 4.11. The SMILES string of the molecule is CC(=O)N1CCN(c2nc(C)cc(C(=O)Nc3ccccc3)n2)CC1. The third-order valence-corrected chi connectivity index (χ3v) is 4.11. The van der Waals surface area contributed by atoms with Gasteiger partial charge in [-0.05, 0) is 25.1 Å². The predicted octanol–water partition coefficient (Wildman–Crippen LogP) is 1.71. The molecule has 0 atom stereocenters. The molecule has 7 nitrogen and oxygen atoms in total. The summed E-state index contributed by atoms with van der Waals surface area (Å²) >= 11 is 0. The monoisotopic (exact) mass is 339 g/mol. The van der Waals surface area contributed by atoms with Crippen molar-refractivity contribution in [1.29, 1.82) is 0 Å². The summed E-state index contributed by atoms with van der Waals surface area (Å²) in [6.07, 6.45) is 0. The fraction of sp³-hybridized carbons (Fsp3) is 0.333. The number of carbonyl (C=O) groups excluding carboxylic acids is 2. The second-order valence-electron chi connectivity index (χ2n) is 6.01. The van der Waals surface area contributed by atoms with Crippen molar-refractivity contribution in [2.45, 2.75) is 13.8 Å². The summed E-state index contributed by atoms with van der Waals surface area (Å²) in [6.45, 7) is 6.00. The first-order valence-corrected chi connectivity index (χ1v) is 8.25. The van der Waals surface area contributed by atoms with Crippen LogP contribution in [0.15, 0.2) is 36.4 Å². The zero-order chi connectivity index (χ0) is 17.8. The van der Waals surface area contributed by atoms with Crippen LogP contribution in [0, 0.1) is 6.92 Å². The minimum absolute atomic E-state index is 0.0766. The van der Waals surface area contributed by atoms with Gasteiger partial charge in [-0.15, -0.1) is 0 Å². The van der Waals surface area contributed by atoms with Gasteiger partial charge in [0.05, 0.1) is 0 Å². The number of carbonyl (C=O) groups is 2. The van der Waals surface area contributed by atoms with Crippen molar-refractivity contribution in [3.05, 3.63) is 47.8 Å². The minimum atomic E-state index is -0.264. The van der Waals surface area contributed by atoms with Gasteiger partial charge in [0, 0.05) is 44.5 Å². The van der Waals surface area contributed by atoms with E-state index in [4.69, 9.17) is 0 Å². The topological polar surface area (TPSA) is 78.4 Å². The molecular formula is C18H21N5O2. The number of benzene rings is 1. The van der Waals surface area contributed by atoms with E-state index in [1.54, 1.807) is 17.9 Å². The predicted molar refractivity (Wildman–Crippen MR) is 95.6 cm³/mol. The summed E-state index contributed by atoms with van der Waals surface area (Å²) in [7, 11) is 0. The van der Waals surface area contributed by atoms with Gasteiger partial charge in [-0.2, -0.15) is 0 Å². The lowest BCUT2D eigenvalue weighted by atomic mass is 10.2. The number of anilines is 2. The quantitative estimate of drug-likeness (QED) is 0.921. The van der Waals surface area contributed by atoms with Gasteiger partial charge >= 0.3 is 0 Å². The minimum Gasteiger partial charge on any atom is -0.339 e. The molecular weight excluding hydrogens is 318 g/mol. The van der Waals surface area contributed by atoms with Crippen LogP contribution in [-0.4, -0.2) is 52.9 Å².